The van der Waals surface area contributed by atoms with Gasteiger partial charge in [0, 0.05) is 15.4 Å². The number of hydrogen-bond acceptors (Lipinski definition) is 3. The maximum absolute atomic E-state index is 10.4. The fraction of sp³-hybridized carbons (Fsp3) is 0.667. The standard InChI is InChI=1S/C12H17BrClNOS/c1-2-7-3-4-15-9(5-7)11(16)10-6-8(13)12(14)17-10/h6-7,9,11,15-16H,2-5H2,1H3. The first-order valence-corrected chi connectivity index (χ1v) is 7.96. The second-order valence-electron chi connectivity index (χ2n) is 4.57. The first-order chi connectivity index (χ1) is 8.11. The van der Waals surface area contributed by atoms with Crippen LogP contribution in [-0.2, 0) is 0 Å². The highest BCUT2D eigenvalue weighted by Crippen LogP contribution is 2.37. The average Bonchev–Trinajstić information content (AvgIpc) is 2.69. The van der Waals surface area contributed by atoms with Crippen molar-refractivity contribution in [3.63, 3.8) is 0 Å². The Labute approximate surface area is 120 Å². The van der Waals surface area contributed by atoms with Gasteiger partial charge < -0.3 is 10.4 Å². The van der Waals surface area contributed by atoms with E-state index in [9.17, 15) is 5.11 Å². The lowest BCUT2D eigenvalue weighted by atomic mass is 9.88. The molecule has 2 rings (SSSR count). The van der Waals surface area contributed by atoms with Crippen molar-refractivity contribution >= 4 is 38.9 Å². The van der Waals surface area contributed by atoms with E-state index in [1.807, 2.05) is 6.07 Å². The number of rotatable bonds is 3. The summed E-state index contributed by atoms with van der Waals surface area (Å²) < 4.78 is 1.59. The summed E-state index contributed by atoms with van der Waals surface area (Å²) in [6.07, 6.45) is 3.01. The van der Waals surface area contributed by atoms with E-state index in [4.69, 9.17) is 11.6 Å². The van der Waals surface area contributed by atoms with E-state index in [1.54, 1.807) is 0 Å². The zero-order valence-corrected chi connectivity index (χ0v) is 12.9. The quantitative estimate of drug-likeness (QED) is 0.874. The van der Waals surface area contributed by atoms with Crippen LogP contribution in [0.3, 0.4) is 0 Å². The van der Waals surface area contributed by atoms with Gasteiger partial charge in [-0.15, -0.1) is 11.3 Å². The van der Waals surface area contributed by atoms with Crippen LogP contribution >= 0.6 is 38.9 Å². The van der Waals surface area contributed by atoms with E-state index in [1.165, 1.54) is 24.2 Å². The number of nitrogens with one attached hydrogen (secondary N) is 1. The lowest BCUT2D eigenvalue weighted by molar-refractivity contribution is 0.101. The number of halogens is 2. The molecular weight excluding hydrogens is 322 g/mol. The Morgan fingerprint density at radius 3 is 3.06 bits per heavy atom. The van der Waals surface area contributed by atoms with E-state index in [0.717, 1.165) is 28.2 Å². The van der Waals surface area contributed by atoms with Gasteiger partial charge in [-0.05, 0) is 47.3 Å². The molecule has 2 heterocycles. The smallest absolute Gasteiger partial charge is 0.107 e. The molecule has 2 N–H and O–H groups in total. The van der Waals surface area contributed by atoms with Gasteiger partial charge in [-0.1, -0.05) is 24.9 Å². The first kappa shape index (κ1) is 13.8. The summed E-state index contributed by atoms with van der Waals surface area (Å²) in [5.74, 6) is 0.731. The summed E-state index contributed by atoms with van der Waals surface area (Å²) in [6, 6.07) is 2.09. The van der Waals surface area contributed by atoms with Crippen LogP contribution in [0.5, 0.6) is 0 Å². The summed E-state index contributed by atoms with van der Waals surface area (Å²) in [5, 5.41) is 13.8. The fourth-order valence-corrected chi connectivity index (χ4v) is 4.14. The molecule has 17 heavy (non-hydrogen) atoms. The minimum atomic E-state index is -0.446. The zero-order chi connectivity index (χ0) is 12.4. The van der Waals surface area contributed by atoms with Gasteiger partial charge in [0.05, 0.1) is 0 Å². The van der Waals surface area contributed by atoms with Crippen LogP contribution in [-0.4, -0.2) is 17.7 Å². The molecule has 3 unspecified atom stereocenters. The van der Waals surface area contributed by atoms with Crippen LogP contribution in [0.4, 0.5) is 0 Å². The molecule has 0 spiro atoms. The molecule has 0 saturated carbocycles. The van der Waals surface area contributed by atoms with Gasteiger partial charge in [0.1, 0.15) is 10.4 Å². The van der Waals surface area contributed by atoms with Crippen molar-refractivity contribution in [2.24, 2.45) is 5.92 Å². The van der Waals surface area contributed by atoms with Gasteiger partial charge >= 0.3 is 0 Å². The summed E-state index contributed by atoms with van der Waals surface area (Å²) in [6.45, 7) is 3.22. The van der Waals surface area contributed by atoms with E-state index >= 15 is 0 Å². The molecule has 0 radical (unpaired) electrons. The lowest BCUT2D eigenvalue weighted by Crippen LogP contribution is -2.41. The van der Waals surface area contributed by atoms with Gasteiger partial charge in [0.2, 0.25) is 0 Å². The van der Waals surface area contributed by atoms with Crippen molar-refractivity contribution < 1.29 is 5.11 Å². The predicted octanol–water partition coefficient (Wildman–Crippen LogP) is 3.98. The van der Waals surface area contributed by atoms with Gasteiger partial charge in [0.15, 0.2) is 0 Å². The second kappa shape index (κ2) is 6.02. The summed E-state index contributed by atoms with van der Waals surface area (Å²) >= 11 is 10.8. The SMILES string of the molecule is CCC1CCNC(C(O)c2cc(Br)c(Cl)s2)C1. The Morgan fingerprint density at radius 2 is 2.47 bits per heavy atom. The summed E-state index contributed by atoms with van der Waals surface area (Å²) in [7, 11) is 0. The third kappa shape index (κ3) is 3.24. The molecule has 1 fully saturated rings. The molecule has 3 atom stereocenters. The number of thiophene rings is 1. The van der Waals surface area contributed by atoms with E-state index < -0.39 is 6.10 Å². The van der Waals surface area contributed by atoms with Crippen molar-refractivity contribution in [2.75, 3.05) is 6.54 Å². The maximum atomic E-state index is 10.4. The van der Waals surface area contributed by atoms with Gasteiger partial charge in [-0.3, -0.25) is 0 Å². The Morgan fingerprint density at radius 1 is 1.71 bits per heavy atom. The number of aliphatic hydroxyl groups excluding tert-OH is 1. The summed E-state index contributed by atoms with van der Waals surface area (Å²) in [5.41, 5.74) is 0. The Hall–Kier alpha value is 0.390. The highest BCUT2D eigenvalue weighted by Gasteiger charge is 2.28. The van der Waals surface area contributed by atoms with Gasteiger partial charge in [-0.25, -0.2) is 0 Å². The van der Waals surface area contributed by atoms with Gasteiger partial charge in [-0.2, -0.15) is 0 Å². The molecule has 1 aromatic heterocycles. The Balaban J connectivity index is 2.06. The molecule has 2 nitrogen and oxygen atoms in total. The number of aliphatic hydroxyl groups is 1. The van der Waals surface area contributed by atoms with Crippen LogP contribution in [0.1, 0.15) is 37.2 Å². The highest BCUT2D eigenvalue weighted by atomic mass is 79.9. The van der Waals surface area contributed by atoms with Crippen molar-refractivity contribution in [1.82, 2.24) is 5.32 Å². The Bertz CT molecular complexity index is 365. The molecule has 1 aromatic rings. The molecule has 0 aliphatic carbocycles. The molecule has 1 aliphatic rings. The molecular formula is C12H17BrClNOS. The maximum Gasteiger partial charge on any atom is 0.107 e. The third-order valence-corrected chi connectivity index (χ3v) is 6.01. The van der Waals surface area contributed by atoms with E-state index in [-0.39, 0.29) is 6.04 Å². The molecule has 0 bridgehead atoms. The molecule has 0 amide bonds. The van der Waals surface area contributed by atoms with E-state index in [2.05, 4.69) is 28.2 Å². The zero-order valence-electron chi connectivity index (χ0n) is 9.75. The van der Waals surface area contributed by atoms with Crippen LogP contribution in [0.2, 0.25) is 4.34 Å². The predicted molar refractivity (Wildman–Crippen MR) is 76.8 cm³/mol. The highest BCUT2D eigenvalue weighted by molar-refractivity contribution is 9.10. The van der Waals surface area contributed by atoms with Crippen LogP contribution < -0.4 is 5.32 Å². The first-order valence-electron chi connectivity index (χ1n) is 5.98. The van der Waals surface area contributed by atoms with E-state index in [0.29, 0.717) is 4.34 Å². The van der Waals surface area contributed by atoms with Crippen LogP contribution in [0, 0.1) is 5.92 Å². The largest absolute Gasteiger partial charge is 0.386 e. The third-order valence-electron chi connectivity index (χ3n) is 3.46. The molecule has 96 valence electrons. The average molecular weight is 339 g/mol. The summed E-state index contributed by atoms with van der Waals surface area (Å²) in [4.78, 5) is 0.941. The normalized spacial score (nSPS) is 27.1. The molecule has 1 saturated heterocycles. The minimum absolute atomic E-state index is 0.162. The lowest BCUT2D eigenvalue weighted by Gasteiger charge is -2.32. The van der Waals surface area contributed by atoms with Crippen LogP contribution in [0.15, 0.2) is 10.5 Å². The van der Waals surface area contributed by atoms with Crippen molar-refractivity contribution in [3.05, 3.63) is 19.8 Å². The van der Waals surface area contributed by atoms with Crippen LogP contribution in [0.25, 0.3) is 0 Å². The topological polar surface area (TPSA) is 32.3 Å². The monoisotopic (exact) mass is 337 g/mol. The van der Waals surface area contributed by atoms with Crippen molar-refractivity contribution in [3.8, 4) is 0 Å². The minimum Gasteiger partial charge on any atom is -0.386 e. The second-order valence-corrected chi connectivity index (χ2v) is 7.11. The Kier molecular flexibility index (Phi) is 4.89. The van der Waals surface area contributed by atoms with Gasteiger partial charge in [0.25, 0.3) is 0 Å². The number of hydrogen-bond donors (Lipinski definition) is 2. The van der Waals surface area contributed by atoms with Crippen molar-refractivity contribution in [1.29, 1.82) is 0 Å². The van der Waals surface area contributed by atoms with Crippen molar-refractivity contribution in [2.45, 2.75) is 38.3 Å². The fourth-order valence-electron chi connectivity index (χ4n) is 2.35. The number of piperidine rings is 1. The molecule has 1 aliphatic heterocycles. The molecule has 5 heteroatoms. The molecule has 0 aromatic carbocycles.